The average Bonchev–Trinajstić information content (AvgIpc) is 2.60. The summed E-state index contributed by atoms with van der Waals surface area (Å²) in [4.78, 5) is 24.5. The number of carbonyl (C=O) groups is 2. The van der Waals surface area contributed by atoms with Crippen molar-refractivity contribution in [3.05, 3.63) is 82.0 Å². The lowest BCUT2D eigenvalue weighted by atomic mass is 9.95. The fourth-order valence-corrected chi connectivity index (χ4v) is 2.95. The summed E-state index contributed by atoms with van der Waals surface area (Å²) >= 11 is 6.25. The number of amides is 2. The standard InChI is InChI=1S/C19H17ClN2O3/c1-12-16(18(23)25-11-13-7-3-2-4-8-13)17(22-19(24)21-12)14-9-5-6-10-15(14)20/h2-10,17H,11H2,1H3,(H2,21,22,24)/t17-/m1/s1. The summed E-state index contributed by atoms with van der Waals surface area (Å²) < 4.78 is 5.43. The minimum absolute atomic E-state index is 0.152. The van der Waals surface area contributed by atoms with Crippen molar-refractivity contribution >= 4 is 23.6 Å². The van der Waals surface area contributed by atoms with Crippen LogP contribution < -0.4 is 10.6 Å². The van der Waals surface area contributed by atoms with E-state index >= 15 is 0 Å². The lowest BCUT2D eigenvalue weighted by Crippen LogP contribution is -2.45. The van der Waals surface area contributed by atoms with E-state index in [4.69, 9.17) is 16.3 Å². The van der Waals surface area contributed by atoms with E-state index in [1.54, 1.807) is 31.2 Å². The van der Waals surface area contributed by atoms with Crippen LogP contribution in [0.5, 0.6) is 0 Å². The van der Waals surface area contributed by atoms with Crippen molar-refractivity contribution in [2.24, 2.45) is 0 Å². The molecule has 0 fully saturated rings. The third-order valence-corrected chi connectivity index (χ3v) is 4.26. The van der Waals surface area contributed by atoms with E-state index in [2.05, 4.69) is 10.6 Å². The van der Waals surface area contributed by atoms with Gasteiger partial charge in [0.25, 0.3) is 0 Å². The molecule has 2 aromatic rings. The lowest BCUT2D eigenvalue weighted by Gasteiger charge is -2.28. The van der Waals surface area contributed by atoms with Crippen molar-refractivity contribution in [3.63, 3.8) is 0 Å². The van der Waals surface area contributed by atoms with Crippen LogP contribution >= 0.6 is 11.6 Å². The number of esters is 1. The largest absolute Gasteiger partial charge is 0.457 e. The summed E-state index contributed by atoms with van der Waals surface area (Å²) in [6.45, 7) is 1.82. The lowest BCUT2D eigenvalue weighted by molar-refractivity contribution is -0.140. The Labute approximate surface area is 150 Å². The van der Waals surface area contributed by atoms with E-state index in [0.29, 0.717) is 21.9 Å². The molecule has 2 N–H and O–H groups in total. The number of carbonyl (C=O) groups excluding carboxylic acids is 2. The number of ether oxygens (including phenoxy) is 1. The minimum Gasteiger partial charge on any atom is -0.457 e. The maximum absolute atomic E-state index is 12.7. The summed E-state index contributed by atoms with van der Waals surface area (Å²) in [5, 5.41) is 5.82. The van der Waals surface area contributed by atoms with Crippen LogP contribution in [0, 0.1) is 0 Å². The summed E-state index contributed by atoms with van der Waals surface area (Å²) in [6.07, 6.45) is 0. The number of halogens is 1. The van der Waals surface area contributed by atoms with E-state index in [1.807, 2.05) is 30.3 Å². The highest BCUT2D eigenvalue weighted by Gasteiger charge is 2.33. The van der Waals surface area contributed by atoms with Crippen LogP contribution in [-0.4, -0.2) is 12.0 Å². The van der Waals surface area contributed by atoms with E-state index in [-0.39, 0.29) is 12.6 Å². The molecule has 0 aromatic heterocycles. The molecule has 25 heavy (non-hydrogen) atoms. The maximum Gasteiger partial charge on any atom is 0.338 e. The van der Waals surface area contributed by atoms with E-state index < -0.39 is 12.0 Å². The zero-order valence-electron chi connectivity index (χ0n) is 13.6. The van der Waals surface area contributed by atoms with Crippen molar-refractivity contribution in [1.29, 1.82) is 0 Å². The normalized spacial score (nSPS) is 16.9. The Morgan fingerprint density at radius 1 is 1.12 bits per heavy atom. The molecule has 1 aliphatic heterocycles. The SMILES string of the molecule is CC1=C(C(=O)OCc2ccccc2)[C@@H](c2ccccc2Cl)NC(=O)N1. The van der Waals surface area contributed by atoms with Crippen molar-refractivity contribution in [1.82, 2.24) is 10.6 Å². The first-order chi connectivity index (χ1) is 12.1. The van der Waals surface area contributed by atoms with Gasteiger partial charge in [-0.3, -0.25) is 0 Å². The first kappa shape index (κ1) is 17.0. The van der Waals surface area contributed by atoms with Gasteiger partial charge in [0.1, 0.15) is 6.61 Å². The van der Waals surface area contributed by atoms with Crippen LogP contribution in [-0.2, 0) is 16.1 Å². The highest BCUT2D eigenvalue weighted by atomic mass is 35.5. The monoisotopic (exact) mass is 356 g/mol. The molecule has 1 aliphatic rings. The van der Waals surface area contributed by atoms with Gasteiger partial charge in [0.15, 0.2) is 0 Å². The minimum atomic E-state index is -0.661. The number of urea groups is 1. The Hall–Kier alpha value is -2.79. The molecular weight excluding hydrogens is 340 g/mol. The topological polar surface area (TPSA) is 67.4 Å². The summed E-state index contributed by atoms with van der Waals surface area (Å²) in [7, 11) is 0. The van der Waals surface area contributed by atoms with Gasteiger partial charge in [0.05, 0.1) is 11.6 Å². The Morgan fingerprint density at radius 2 is 1.80 bits per heavy atom. The van der Waals surface area contributed by atoms with Crippen LogP contribution in [0.1, 0.15) is 24.1 Å². The molecule has 6 heteroatoms. The number of benzene rings is 2. The van der Waals surface area contributed by atoms with Gasteiger partial charge >= 0.3 is 12.0 Å². The highest BCUT2D eigenvalue weighted by Crippen LogP contribution is 2.32. The molecule has 2 amide bonds. The van der Waals surface area contributed by atoms with Crippen LogP contribution in [0.3, 0.4) is 0 Å². The molecular formula is C19H17ClN2O3. The summed E-state index contributed by atoms with van der Waals surface area (Å²) in [6, 6.07) is 15.4. The molecule has 0 saturated heterocycles. The van der Waals surface area contributed by atoms with Crippen LogP contribution in [0.25, 0.3) is 0 Å². The molecule has 0 bridgehead atoms. The van der Waals surface area contributed by atoms with E-state index in [1.165, 1.54) is 0 Å². The summed E-state index contributed by atoms with van der Waals surface area (Å²) in [5.41, 5.74) is 2.32. The first-order valence-electron chi connectivity index (χ1n) is 7.80. The third kappa shape index (κ3) is 3.83. The van der Waals surface area contributed by atoms with Gasteiger partial charge in [-0.2, -0.15) is 0 Å². The zero-order valence-corrected chi connectivity index (χ0v) is 14.3. The molecule has 3 rings (SSSR count). The maximum atomic E-state index is 12.7. The number of hydrogen-bond acceptors (Lipinski definition) is 3. The molecule has 0 aliphatic carbocycles. The van der Waals surface area contributed by atoms with Crippen molar-refractivity contribution in [2.45, 2.75) is 19.6 Å². The predicted octanol–water partition coefficient (Wildman–Crippen LogP) is 3.71. The second-order valence-corrected chi connectivity index (χ2v) is 6.06. The first-order valence-corrected chi connectivity index (χ1v) is 8.18. The van der Waals surface area contributed by atoms with Gasteiger partial charge in [-0.05, 0) is 24.1 Å². The van der Waals surface area contributed by atoms with Crippen molar-refractivity contribution in [2.75, 3.05) is 0 Å². The second-order valence-electron chi connectivity index (χ2n) is 5.65. The Balaban J connectivity index is 1.87. The van der Waals surface area contributed by atoms with Gasteiger partial charge in [-0.25, -0.2) is 9.59 Å². The molecule has 1 heterocycles. The van der Waals surface area contributed by atoms with Crippen LogP contribution in [0.2, 0.25) is 5.02 Å². The number of rotatable bonds is 4. The van der Waals surface area contributed by atoms with Gasteiger partial charge in [-0.15, -0.1) is 0 Å². The van der Waals surface area contributed by atoms with Crippen LogP contribution in [0.15, 0.2) is 65.9 Å². The molecule has 0 saturated carbocycles. The number of hydrogen-bond donors (Lipinski definition) is 2. The Kier molecular flexibility index (Phi) is 5.05. The average molecular weight is 357 g/mol. The van der Waals surface area contributed by atoms with Crippen molar-refractivity contribution in [3.8, 4) is 0 Å². The highest BCUT2D eigenvalue weighted by molar-refractivity contribution is 6.31. The second kappa shape index (κ2) is 7.40. The quantitative estimate of drug-likeness (QED) is 0.820. The number of allylic oxidation sites excluding steroid dienone is 1. The molecule has 0 radical (unpaired) electrons. The number of nitrogens with one attached hydrogen (secondary N) is 2. The molecule has 128 valence electrons. The van der Waals surface area contributed by atoms with E-state index in [9.17, 15) is 9.59 Å². The van der Waals surface area contributed by atoms with Crippen molar-refractivity contribution < 1.29 is 14.3 Å². The molecule has 0 unspecified atom stereocenters. The Bertz CT molecular complexity index is 834. The third-order valence-electron chi connectivity index (χ3n) is 3.92. The molecule has 1 atom stereocenters. The van der Waals surface area contributed by atoms with Gasteiger partial charge in [-0.1, -0.05) is 60.1 Å². The molecule has 2 aromatic carbocycles. The van der Waals surface area contributed by atoms with E-state index in [0.717, 1.165) is 5.56 Å². The Morgan fingerprint density at radius 3 is 2.52 bits per heavy atom. The van der Waals surface area contributed by atoms with Gasteiger partial charge < -0.3 is 15.4 Å². The zero-order chi connectivity index (χ0) is 17.8. The fourth-order valence-electron chi connectivity index (χ4n) is 2.71. The van der Waals surface area contributed by atoms with Gasteiger partial charge in [0.2, 0.25) is 0 Å². The predicted molar refractivity (Wildman–Crippen MR) is 94.8 cm³/mol. The van der Waals surface area contributed by atoms with Crippen LogP contribution in [0.4, 0.5) is 4.79 Å². The summed E-state index contributed by atoms with van der Waals surface area (Å²) in [5.74, 6) is -0.501. The molecule has 0 spiro atoms. The smallest absolute Gasteiger partial charge is 0.338 e. The fraction of sp³-hybridized carbons (Fsp3) is 0.158. The van der Waals surface area contributed by atoms with Gasteiger partial charge in [0, 0.05) is 10.7 Å². The molecule has 5 nitrogen and oxygen atoms in total.